The summed E-state index contributed by atoms with van der Waals surface area (Å²) in [6.45, 7) is 0.877. The van der Waals surface area contributed by atoms with Crippen molar-refractivity contribution >= 4 is 17.4 Å². The molecule has 0 aromatic carbocycles. The Bertz CT molecular complexity index is 315. The van der Waals surface area contributed by atoms with E-state index in [4.69, 9.17) is 11.6 Å². The van der Waals surface area contributed by atoms with Gasteiger partial charge in [0.2, 0.25) is 0 Å². The van der Waals surface area contributed by atoms with E-state index in [1.165, 1.54) is 18.7 Å². The van der Waals surface area contributed by atoms with Gasteiger partial charge in [0.25, 0.3) is 0 Å². The van der Waals surface area contributed by atoms with Crippen LogP contribution in [0.25, 0.3) is 0 Å². The van der Waals surface area contributed by atoms with Crippen LogP contribution in [-0.4, -0.2) is 16.9 Å². The maximum Gasteiger partial charge on any atom is 0.141 e. The summed E-state index contributed by atoms with van der Waals surface area (Å²) < 4.78 is 12.6. The highest BCUT2D eigenvalue weighted by molar-refractivity contribution is 6.20. The van der Waals surface area contributed by atoms with Crippen LogP contribution < -0.4 is 5.32 Å². The average molecular weight is 229 g/mol. The number of hydrogen-bond donors (Lipinski definition) is 1. The van der Waals surface area contributed by atoms with Crippen LogP contribution in [-0.2, 0) is 0 Å². The molecule has 1 aliphatic carbocycles. The first-order chi connectivity index (χ1) is 7.24. The average Bonchev–Trinajstić information content (AvgIpc) is 2.64. The minimum Gasteiger partial charge on any atom is -0.370 e. The fourth-order valence-electron chi connectivity index (χ4n) is 1.93. The Morgan fingerprint density at radius 2 is 2.33 bits per heavy atom. The Balaban J connectivity index is 1.80. The first kappa shape index (κ1) is 10.7. The van der Waals surface area contributed by atoms with Crippen LogP contribution in [0.15, 0.2) is 18.3 Å². The van der Waals surface area contributed by atoms with E-state index in [0.29, 0.717) is 11.3 Å². The number of nitrogens with zero attached hydrogens (tertiary/aromatic N) is 1. The fraction of sp³-hybridized carbons (Fsp3) is 0.545. The van der Waals surface area contributed by atoms with Gasteiger partial charge in [0.15, 0.2) is 0 Å². The highest BCUT2D eigenvalue weighted by atomic mass is 35.5. The van der Waals surface area contributed by atoms with Gasteiger partial charge in [-0.25, -0.2) is 9.37 Å². The van der Waals surface area contributed by atoms with E-state index in [1.807, 2.05) is 0 Å². The van der Waals surface area contributed by atoms with Gasteiger partial charge in [0.1, 0.15) is 11.6 Å². The number of alkyl halides is 1. The Kier molecular flexibility index (Phi) is 3.41. The highest BCUT2D eigenvalue weighted by Gasteiger charge is 2.22. The lowest BCUT2D eigenvalue weighted by atomic mass is 10.1. The summed E-state index contributed by atoms with van der Waals surface area (Å²) in [4.78, 5) is 3.94. The van der Waals surface area contributed by atoms with Crippen molar-refractivity contribution in [2.24, 2.45) is 5.92 Å². The summed E-state index contributed by atoms with van der Waals surface area (Å²) in [5.74, 6) is 1.05. The summed E-state index contributed by atoms with van der Waals surface area (Å²) in [7, 11) is 0. The Morgan fingerprint density at radius 3 is 2.93 bits per heavy atom. The summed E-state index contributed by atoms with van der Waals surface area (Å²) in [6.07, 6.45) is 4.56. The van der Waals surface area contributed by atoms with Crippen molar-refractivity contribution in [1.29, 1.82) is 0 Å². The van der Waals surface area contributed by atoms with E-state index < -0.39 is 0 Å². The lowest BCUT2D eigenvalue weighted by molar-refractivity contribution is 0.579. The van der Waals surface area contributed by atoms with Gasteiger partial charge in [-0.3, -0.25) is 0 Å². The van der Waals surface area contributed by atoms with Gasteiger partial charge in [-0.1, -0.05) is 0 Å². The van der Waals surface area contributed by atoms with Crippen LogP contribution in [0, 0.1) is 11.7 Å². The van der Waals surface area contributed by atoms with Crippen LogP contribution in [0.5, 0.6) is 0 Å². The molecule has 1 heterocycles. The standard InChI is InChI=1S/C11H14ClFN2/c12-9-2-1-8(5-9)6-14-11-4-3-10(13)7-15-11/h3-4,7-9H,1-2,5-6H2,(H,14,15). The van der Waals surface area contributed by atoms with Crippen LogP contribution in [0.1, 0.15) is 19.3 Å². The Morgan fingerprint density at radius 1 is 1.47 bits per heavy atom. The number of pyridine rings is 1. The molecule has 0 bridgehead atoms. The maximum absolute atomic E-state index is 12.6. The van der Waals surface area contributed by atoms with E-state index in [9.17, 15) is 4.39 Å². The zero-order chi connectivity index (χ0) is 10.7. The number of rotatable bonds is 3. The van der Waals surface area contributed by atoms with Crippen molar-refractivity contribution in [3.63, 3.8) is 0 Å². The number of halogens is 2. The molecule has 0 amide bonds. The SMILES string of the molecule is Fc1ccc(NCC2CCC(Cl)C2)nc1. The summed E-state index contributed by atoms with van der Waals surface area (Å²) in [5, 5.41) is 3.53. The van der Waals surface area contributed by atoms with E-state index in [-0.39, 0.29) is 5.82 Å². The van der Waals surface area contributed by atoms with Crippen LogP contribution >= 0.6 is 11.6 Å². The fourth-order valence-corrected chi connectivity index (χ4v) is 2.31. The third-order valence-electron chi connectivity index (χ3n) is 2.78. The predicted octanol–water partition coefficient (Wildman–Crippen LogP) is 3.04. The van der Waals surface area contributed by atoms with Crippen molar-refractivity contribution in [1.82, 2.24) is 4.98 Å². The molecule has 1 aliphatic rings. The number of aromatic nitrogens is 1. The molecule has 0 aliphatic heterocycles. The Hall–Kier alpha value is -0.830. The molecule has 1 aromatic rings. The summed E-state index contributed by atoms with van der Waals surface area (Å²) >= 11 is 6.02. The minimum atomic E-state index is -0.303. The van der Waals surface area contributed by atoms with Gasteiger partial charge < -0.3 is 5.32 Å². The molecular weight excluding hydrogens is 215 g/mol. The topological polar surface area (TPSA) is 24.9 Å². The normalized spacial score (nSPS) is 25.5. The zero-order valence-corrected chi connectivity index (χ0v) is 9.17. The van der Waals surface area contributed by atoms with E-state index in [2.05, 4.69) is 10.3 Å². The van der Waals surface area contributed by atoms with Gasteiger partial charge >= 0.3 is 0 Å². The van der Waals surface area contributed by atoms with E-state index in [0.717, 1.165) is 25.2 Å². The summed E-state index contributed by atoms with van der Waals surface area (Å²) in [5.41, 5.74) is 0. The second-order valence-corrected chi connectivity index (χ2v) is 4.64. The quantitative estimate of drug-likeness (QED) is 0.805. The lowest BCUT2D eigenvalue weighted by Crippen LogP contribution is -2.12. The maximum atomic E-state index is 12.6. The molecule has 0 spiro atoms. The van der Waals surface area contributed by atoms with Gasteiger partial charge in [-0.05, 0) is 37.3 Å². The molecule has 2 atom stereocenters. The van der Waals surface area contributed by atoms with Crippen LogP contribution in [0.4, 0.5) is 10.2 Å². The summed E-state index contributed by atoms with van der Waals surface area (Å²) in [6, 6.07) is 3.07. The predicted molar refractivity (Wildman–Crippen MR) is 59.7 cm³/mol. The zero-order valence-electron chi connectivity index (χ0n) is 8.42. The highest BCUT2D eigenvalue weighted by Crippen LogP contribution is 2.29. The van der Waals surface area contributed by atoms with E-state index in [1.54, 1.807) is 6.07 Å². The van der Waals surface area contributed by atoms with Gasteiger partial charge in [-0.2, -0.15) is 0 Å². The van der Waals surface area contributed by atoms with Crippen molar-refractivity contribution in [3.8, 4) is 0 Å². The van der Waals surface area contributed by atoms with Crippen molar-refractivity contribution in [2.45, 2.75) is 24.6 Å². The molecule has 2 unspecified atom stereocenters. The first-order valence-electron chi connectivity index (χ1n) is 5.23. The molecule has 1 fully saturated rings. The molecule has 1 N–H and O–H groups in total. The van der Waals surface area contributed by atoms with Crippen LogP contribution in [0.3, 0.4) is 0 Å². The Labute approximate surface area is 93.9 Å². The molecule has 0 saturated heterocycles. The van der Waals surface area contributed by atoms with Crippen molar-refractivity contribution in [2.75, 3.05) is 11.9 Å². The molecule has 2 rings (SSSR count). The second-order valence-electron chi connectivity index (χ2n) is 4.02. The number of hydrogen-bond acceptors (Lipinski definition) is 2. The van der Waals surface area contributed by atoms with E-state index >= 15 is 0 Å². The smallest absolute Gasteiger partial charge is 0.141 e. The van der Waals surface area contributed by atoms with Gasteiger partial charge in [-0.15, -0.1) is 11.6 Å². The molecule has 15 heavy (non-hydrogen) atoms. The second kappa shape index (κ2) is 4.79. The molecule has 0 radical (unpaired) electrons. The van der Waals surface area contributed by atoms with Gasteiger partial charge in [0.05, 0.1) is 6.20 Å². The van der Waals surface area contributed by atoms with Crippen molar-refractivity contribution < 1.29 is 4.39 Å². The third kappa shape index (κ3) is 3.06. The molecular formula is C11H14ClFN2. The minimum absolute atomic E-state index is 0.303. The molecule has 1 saturated carbocycles. The molecule has 1 aromatic heterocycles. The monoisotopic (exact) mass is 228 g/mol. The number of anilines is 1. The first-order valence-corrected chi connectivity index (χ1v) is 5.67. The van der Waals surface area contributed by atoms with Gasteiger partial charge in [0, 0.05) is 11.9 Å². The molecule has 4 heteroatoms. The number of nitrogens with one attached hydrogen (secondary N) is 1. The molecule has 82 valence electrons. The third-order valence-corrected chi connectivity index (χ3v) is 3.17. The lowest BCUT2D eigenvalue weighted by Gasteiger charge is -2.10. The largest absolute Gasteiger partial charge is 0.370 e. The van der Waals surface area contributed by atoms with Crippen LogP contribution in [0.2, 0.25) is 0 Å². The van der Waals surface area contributed by atoms with Crippen molar-refractivity contribution in [3.05, 3.63) is 24.1 Å². The molecule has 2 nitrogen and oxygen atoms in total.